The minimum Gasteiger partial charge on any atom is -0.508 e. The monoisotopic (exact) mass is 380 g/mol. The Labute approximate surface area is 168 Å². The molecular formula is C24H20N4O. The molecule has 0 aliphatic heterocycles. The molecule has 2 heterocycles. The molecule has 0 amide bonds. The lowest BCUT2D eigenvalue weighted by Crippen LogP contribution is -2.08. The third-order valence-electron chi connectivity index (χ3n) is 5.25. The van der Waals surface area contributed by atoms with Crippen LogP contribution in [0.5, 0.6) is 5.75 Å². The number of anilines is 1. The van der Waals surface area contributed by atoms with E-state index in [2.05, 4.69) is 69.7 Å². The number of nitrogens with one attached hydrogen (secondary N) is 2. The van der Waals surface area contributed by atoms with Crippen molar-refractivity contribution in [2.75, 3.05) is 5.32 Å². The predicted molar refractivity (Wildman–Crippen MR) is 117 cm³/mol. The number of phenols is 1. The SMILES string of the molecule is C[C@@H](Nc1ncnc2[nH]c(-c3ccc(O)cc3)cc12)c1cccc2ccccc12. The van der Waals surface area contributed by atoms with Crippen LogP contribution in [0.15, 0.2) is 79.1 Å². The number of aromatic amines is 1. The molecule has 0 aliphatic carbocycles. The van der Waals surface area contributed by atoms with Crippen molar-refractivity contribution in [3.05, 3.63) is 84.7 Å². The molecule has 0 fully saturated rings. The smallest absolute Gasteiger partial charge is 0.143 e. The molecule has 142 valence electrons. The van der Waals surface area contributed by atoms with Crippen molar-refractivity contribution in [2.45, 2.75) is 13.0 Å². The standard InChI is InChI=1S/C24H20N4O/c1-15(19-8-4-6-16-5-2-3-7-20(16)19)27-23-21-13-22(28-24(21)26-14-25-23)17-9-11-18(29)12-10-17/h2-15,29H,1H3,(H2,25,26,27,28)/t15-/m1/s1. The topological polar surface area (TPSA) is 73.8 Å². The summed E-state index contributed by atoms with van der Waals surface area (Å²) in [6.07, 6.45) is 1.57. The zero-order valence-electron chi connectivity index (χ0n) is 15.9. The quantitative estimate of drug-likeness (QED) is 0.376. The van der Waals surface area contributed by atoms with Crippen LogP contribution in [0.1, 0.15) is 18.5 Å². The van der Waals surface area contributed by atoms with Crippen molar-refractivity contribution in [1.29, 1.82) is 0 Å². The molecule has 0 bridgehead atoms. The first kappa shape index (κ1) is 17.3. The van der Waals surface area contributed by atoms with Gasteiger partial charge in [-0.3, -0.25) is 0 Å². The molecule has 0 spiro atoms. The highest BCUT2D eigenvalue weighted by Crippen LogP contribution is 2.31. The summed E-state index contributed by atoms with van der Waals surface area (Å²) in [6, 6.07) is 24.0. The fraction of sp³-hybridized carbons (Fsp3) is 0.0833. The number of phenolic OH excluding ortho intramolecular Hbond substituents is 1. The summed E-state index contributed by atoms with van der Waals surface area (Å²) in [5.74, 6) is 1.03. The van der Waals surface area contributed by atoms with Gasteiger partial charge in [-0.25, -0.2) is 9.97 Å². The van der Waals surface area contributed by atoms with Gasteiger partial charge in [0.05, 0.1) is 11.4 Å². The van der Waals surface area contributed by atoms with Gasteiger partial charge in [0.1, 0.15) is 23.5 Å². The molecule has 5 heteroatoms. The summed E-state index contributed by atoms with van der Waals surface area (Å²) < 4.78 is 0. The molecule has 5 rings (SSSR count). The van der Waals surface area contributed by atoms with Crippen molar-refractivity contribution in [3.63, 3.8) is 0 Å². The van der Waals surface area contributed by atoms with E-state index in [1.54, 1.807) is 18.5 Å². The molecule has 2 aromatic heterocycles. The van der Waals surface area contributed by atoms with Crippen molar-refractivity contribution in [2.24, 2.45) is 0 Å². The number of fused-ring (bicyclic) bond motifs is 2. The minimum absolute atomic E-state index is 0.0752. The van der Waals surface area contributed by atoms with Crippen LogP contribution in [0, 0.1) is 0 Å². The van der Waals surface area contributed by atoms with E-state index < -0.39 is 0 Å². The maximum absolute atomic E-state index is 9.53. The lowest BCUT2D eigenvalue weighted by molar-refractivity contribution is 0.475. The second-order valence-electron chi connectivity index (χ2n) is 7.15. The lowest BCUT2D eigenvalue weighted by atomic mass is 9.99. The number of benzene rings is 3. The van der Waals surface area contributed by atoms with Crippen LogP contribution >= 0.6 is 0 Å². The summed E-state index contributed by atoms with van der Waals surface area (Å²) >= 11 is 0. The molecule has 0 aliphatic rings. The first-order valence-corrected chi connectivity index (χ1v) is 9.56. The number of rotatable bonds is 4. The average Bonchev–Trinajstić information content (AvgIpc) is 3.19. The largest absolute Gasteiger partial charge is 0.508 e. The highest BCUT2D eigenvalue weighted by molar-refractivity contribution is 5.92. The van der Waals surface area contributed by atoms with E-state index in [0.29, 0.717) is 0 Å². The molecule has 1 atom stereocenters. The Kier molecular flexibility index (Phi) is 4.13. The molecular weight excluding hydrogens is 360 g/mol. The Bertz CT molecular complexity index is 1300. The van der Waals surface area contributed by atoms with E-state index in [9.17, 15) is 5.11 Å². The Morgan fingerprint density at radius 3 is 2.55 bits per heavy atom. The Morgan fingerprint density at radius 1 is 0.897 bits per heavy atom. The molecule has 3 aromatic carbocycles. The molecule has 0 unspecified atom stereocenters. The number of hydrogen-bond donors (Lipinski definition) is 3. The van der Waals surface area contributed by atoms with Gasteiger partial charge in [0.25, 0.3) is 0 Å². The van der Waals surface area contributed by atoms with Gasteiger partial charge in [0.15, 0.2) is 0 Å². The molecule has 3 N–H and O–H groups in total. The van der Waals surface area contributed by atoms with Crippen LogP contribution < -0.4 is 5.32 Å². The maximum Gasteiger partial charge on any atom is 0.143 e. The van der Waals surface area contributed by atoms with E-state index in [-0.39, 0.29) is 11.8 Å². The van der Waals surface area contributed by atoms with E-state index in [1.165, 1.54) is 16.3 Å². The first-order chi connectivity index (χ1) is 14.2. The van der Waals surface area contributed by atoms with Gasteiger partial charge < -0.3 is 15.4 Å². The van der Waals surface area contributed by atoms with Gasteiger partial charge in [-0.05, 0) is 59.2 Å². The maximum atomic E-state index is 9.53. The number of H-pyrrole nitrogens is 1. The van der Waals surface area contributed by atoms with Gasteiger partial charge in [0, 0.05) is 5.69 Å². The van der Waals surface area contributed by atoms with Gasteiger partial charge in [-0.1, -0.05) is 42.5 Å². The molecule has 0 radical (unpaired) electrons. The second-order valence-corrected chi connectivity index (χ2v) is 7.15. The zero-order valence-corrected chi connectivity index (χ0v) is 15.9. The summed E-state index contributed by atoms with van der Waals surface area (Å²) in [4.78, 5) is 12.2. The van der Waals surface area contributed by atoms with E-state index >= 15 is 0 Å². The van der Waals surface area contributed by atoms with Gasteiger partial charge in [-0.15, -0.1) is 0 Å². The molecule has 0 saturated heterocycles. The van der Waals surface area contributed by atoms with Gasteiger partial charge in [-0.2, -0.15) is 0 Å². The lowest BCUT2D eigenvalue weighted by Gasteiger charge is -2.17. The van der Waals surface area contributed by atoms with E-state index in [1.807, 2.05) is 18.2 Å². The van der Waals surface area contributed by atoms with Crippen LogP contribution in [-0.2, 0) is 0 Å². The summed E-state index contributed by atoms with van der Waals surface area (Å²) in [7, 11) is 0. The Hall–Kier alpha value is -3.86. The average molecular weight is 380 g/mol. The van der Waals surface area contributed by atoms with Crippen LogP contribution in [-0.4, -0.2) is 20.1 Å². The molecule has 5 nitrogen and oxygen atoms in total. The number of aromatic nitrogens is 3. The summed E-state index contributed by atoms with van der Waals surface area (Å²) in [6.45, 7) is 2.14. The predicted octanol–water partition coefficient (Wildman–Crippen LogP) is 5.66. The third-order valence-corrected chi connectivity index (χ3v) is 5.25. The van der Waals surface area contributed by atoms with Crippen molar-refractivity contribution in [1.82, 2.24) is 15.0 Å². The van der Waals surface area contributed by atoms with E-state index in [0.717, 1.165) is 28.1 Å². The third kappa shape index (κ3) is 3.17. The fourth-order valence-corrected chi connectivity index (χ4v) is 3.76. The second kappa shape index (κ2) is 6.95. The summed E-state index contributed by atoms with van der Waals surface area (Å²) in [5, 5.41) is 16.5. The molecule has 5 aromatic rings. The van der Waals surface area contributed by atoms with Crippen molar-refractivity contribution in [3.8, 4) is 17.0 Å². The van der Waals surface area contributed by atoms with Crippen LogP contribution in [0.4, 0.5) is 5.82 Å². The van der Waals surface area contributed by atoms with E-state index in [4.69, 9.17) is 0 Å². The first-order valence-electron chi connectivity index (χ1n) is 9.56. The summed E-state index contributed by atoms with van der Waals surface area (Å²) in [5.41, 5.74) is 3.91. The van der Waals surface area contributed by atoms with Crippen LogP contribution in [0.3, 0.4) is 0 Å². The van der Waals surface area contributed by atoms with Crippen LogP contribution in [0.25, 0.3) is 33.1 Å². The molecule has 29 heavy (non-hydrogen) atoms. The highest BCUT2D eigenvalue weighted by Gasteiger charge is 2.14. The van der Waals surface area contributed by atoms with Gasteiger partial charge in [0.2, 0.25) is 0 Å². The highest BCUT2D eigenvalue weighted by atomic mass is 16.3. The molecule has 0 saturated carbocycles. The number of hydrogen-bond acceptors (Lipinski definition) is 4. The van der Waals surface area contributed by atoms with Crippen molar-refractivity contribution >= 4 is 27.6 Å². The number of aromatic hydroxyl groups is 1. The normalized spacial score (nSPS) is 12.3. The fourth-order valence-electron chi connectivity index (χ4n) is 3.76. The number of nitrogens with zero attached hydrogens (tertiary/aromatic N) is 2. The zero-order chi connectivity index (χ0) is 19.8. The Balaban J connectivity index is 1.52. The Morgan fingerprint density at radius 2 is 1.69 bits per heavy atom. The minimum atomic E-state index is 0.0752. The van der Waals surface area contributed by atoms with Crippen molar-refractivity contribution < 1.29 is 5.11 Å². The van der Waals surface area contributed by atoms with Crippen LogP contribution in [0.2, 0.25) is 0 Å². The van der Waals surface area contributed by atoms with Gasteiger partial charge >= 0.3 is 0 Å².